The van der Waals surface area contributed by atoms with E-state index in [9.17, 15) is 23.1 Å². The molecule has 1 aliphatic carbocycles. The van der Waals surface area contributed by atoms with Gasteiger partial charge in [0, 0.05) is 6.26 Å². The van der Waals surface area contributed by atoms with E-state index in [-0.39, 0.29) is 17.3 Å². The average Bonchev–Trinajstić information content (AvgIpc) is 2.84. The zero-order chi connectivity index (χ0) is 17.3. The molecular weight excluding hydrogens is 322 g/mol. The first kappa shape index (κ1) is 17.5. The third-order valence-corrected chi connectivity index (χ3v) is 5.00. The van der Waals surface area contributed by atoms with E-state index < -0.39 is 33.2 Å². The van der Waals surface area contributed by atoms with Crippen LogP contribution in [0.3, 0.4) is 0 Å². The Bertz CT molecular complexity index is 707. The highest BCUT2D eigenvalue weighted by molar-refractivity contribution is 7.89. The van der Waals surface area contributed by atoms with Gasteiger partial charge >= 0.3 is 5.97 Å². The van der Waals surface area contributed by atoms with E-state index in [1.165, 1.54) is 12.1 Å². The van der Waals surface area contributed by atoms with Gasteiger partial charge in [-0.05, 0) is 31.9 Å². The third kappa shape index (κ3) is 4.34. The monoisotopic (exact) mass is 343 g/mol. The molecule has 0 aromatic carbocycles. The van der Waals surface area contributed by atoms with E-state index in [0.29, 0.717) is 12.8 Å². The van der Waals surface area contributed by atoms with Crippen LogP contribution >= 0.6 is 0 Å². The molecule has 2 rings (SSSR count). The van der Waals surface area contributed by atoms with Crippen LogP contribution < -0.4 is 5.32 Å². The second-order valence-corrected chi connectivity index (χ2v) is 8.48. The second kappa shape index (κ2) is 6.35. The van der Waals surface area contributed by atoms with Crippen molar-refractivity contribution in [2.24, 2.45) is 5.92 Å². The number of sulfone groups is 1. The summed E-state index contributed by atoms with van der Waals surface area (Å²) in [5, 5.41) is 12.1. The topological polar surface area (TPSA) is 114 Å². The molecule has 0 saturated heterocycles. The molecule has 8 heteroatoms. The number of carbonyl (C=O) groups excluding carboxylic acids is 1. The summed E-state index contributed by atoms with van der Waals surface area (Å²) in [4.78, 5) is 23.7. The molecule has 1 aromatic heterocycles. The van der Waals surface area contributed by atoms with Crippen molar-refractivity contribution >= 4 is 21.7 Å². The Balaban J connectivity index is 2.13. The lowest BCUT2D eigenvalue weighted by Crippen LogP contribution is -2.55. The van der Waals surface area contributed by atoms with E-state index >= 15 is 0 Å². The molecule has 1 fully saturated rings. The van der Waals surface area contributed by atoms with Crippen molar-refractivity contribution in [1.29, 1.82) is 0 Å². The Hall–Kier alpha value is -1.83. The lowest BCUT2D eigenvalue weighted by molar-refractivity contribution is -0.145. The molecule has 128 valence electrons. The largest absolute Gasteiger partial charge is 0.481 e. The second-order valence-electron chi connectivity index (χ2n) is 6.34. The third-order valence-electron chi connectivity index (χ3n) is 4.20. The molecule has 0 radical (unpaired) electrons. The van der Waals surface area contributed by atoms with Crippen LogP contribution in [0.25, 0.3) is 0 Å². The van der Waals surface area contributed by atoms with Gasteiger partial charge in [-0.3, -0.25) is 9.59 Å². The van der Waals surface area contributed by atoms with Gasteiger partial charge in [-0.1, -0.05) is 12.8 Å². The number of carboxylic acids is 1. The summed E-state index contributed by atoms with van der Waals surface area (Å²) in [6.07, 6.45) is 3.84. The number of nitrogens with one attached hydrogen (secondary N) is 1. The smallest absolute Gasteiger partial charge is 0.308 e. The zero-order valence-electron chi connectivity index (χ0n) is 13.2. The lowest BCUT2D eigenvalue weighted by atomic mass is 9.74. The summed E-state index contributed by atoms with van der Waals surface area (Å²) < 4.78 is 27.7. The Kier molecular flexibility index (Phi) is 4.84. The summed E-state index contributed by atoms with van der Waals surface area (Å²) in [6.45, 7) is 1.73. The normalized spacial score (nSPS) is 25.0. The zero-order valence-corrected chi connectivity index (χ0v) is 14.0. The van der Waals surface area contributed by atoms with Gasteiger partial charge in [-0.2, -0.15) is 0 Å². The number of aliphatic carboxylic acids is 1. The minimum Gasteiger partial charge on any atom is -0.481 e. The van der Waals surface area contributed by atoms with E-state index in [1.54, 1.807) is 6.92 Å². The highest BCUT2D eigenvalue weighted by atomic mass is 32.2. The van der Waals surface area contributed by atoms with Crippen LogP contribution in [0.4, 0.5) is 0 Å². The van der Waals surface area contributed by atoms with Crippen LogP contribution in [0.15, 0.2) is 16.5 Å². The number of amides is 1. The first-order valence-electron chi connectivity index (χ1n) is 7.42. The highest BCUT2D eigenvalue weighted by Crippen LogP contribution is 2.34. The van der Waals surface area contributed by atoms with Gasteiger partial charge in [0.05, 0.1) is 11.5 Å². The molecule has 1 aliphatic rings. The molecule has 1 amide bonds. The summed E-state index contributed by atoms with van der Waals surface area (Å²) in [7, 11) is -3.25. The predicted molar refractivity (Wildman–Crippen MR) is 82.7 cm³/mol. The molecule has 2 N–H and O–H groups in total. The van der Waals surface area contributed by atoms with Gasteiger partial charge in [-0.15, -0.1) is 0 Å². The number of hydrogen-bond acceptors (Lipinski definition) is 5. The van der Waals surface area contributed by atoms with Crippen LogP contribution in [-0.4, -0.2) is 37.2 Å². The Morgan fingerprint density at radius 1 is 1.39 bits per heavy atom. The standard InChI is InChI=1S/C15H21NO6S/c1-15(8-4-3-5-11(15)14(18)19)16-13(17)12-7-6-10(22-12)9-23(2,20)21/h6-7,11H,3-5,8-9H2,1-2H3,(H,16,17)(H,18,19)/t11-,15+/m1/s1. The number of carboxylic acid groups (broad SMARTS) is 1. The Morgan fingerprint density at radius 2 is 2.09 bits per heavy atom. The highest BCUT2D eigenvalue weighted by Gasteiger charge is 2.42. The average molecular weight is 343 g/mol. The van der Waals surface area contributed by atoms with Gasteiger partial charge in [0.2, 0.25) is 0 Å². The number of carbonyl (C=O) groups is 2. The quantitative estimate of drug-likeness (QED) is 0.839. The van der Waals surface area contributed by atoms with Crippen molar-refractivity contribution in [3.63, 3.8) is 0 Å². The molecule has 1 saturated carbocycles. The van der Waals surface area contributed by atoms with Crippen molar-refractivity contribution in [2.75, 3.05) is 6.26 Å². The number of rotatable bonds is 5. The van der Waals surface area contributed by atoms with Crippen molar-refractivity contribution in [3.8, 4) is 0 Å². The molecule has 23 heavy (non-hydrogen) atoms. The van der Waals surface area contributed by atoms with E-state index in [0.717, 1.165) is 19.1 Å². The minimum atomic E-state index is -3.25. The van der Waals surface area contributed by atoms with Crippen molar-refractivity contribution < 1.29 is 27.5 Å². The molecule has 0 bridgehead atoms. The SMILES string of the molecule is C[C@]1(NC(=O)c2ccc(CS(C)(=O)=O)o2)CCCC[C@@H]1C(=O)O. The van der Waals surface area contributed by atoms with Gasteiger partial charge in [0.15, 0.2) is 15.6 Å². The van der Waals surface area contributed by atoms with Crippen molar-refractivity contribution in [1.82, 2.24) is 5.32 Å². The maximum atomic E-state index is 12.3. The summed E-state index contributed by atoms with van der Waals surface area (Å²) >= 11 is 0. The maximum Gasteiger partial charge on any atom is 0.308 e. The molecule has 2 atom stereocenters. The summed E-state index contributed by atoms with van der Waals surface area (Å²) in [5.41, 5.74) is -0.842. The Labute approximate surface area is 135 Å². The van der Waals surface area contributed by atoms with Gasteiger partial charge in [0.1, 0.15) is 11.5 Å². The number of hydrogen-bond donors (Lipinski definition) is 2. The predicted octanol–water partition coefficient (Wildman–Crippen LogP) is 1.59. The van der Waals surface area contributed by atoms with Crippen LogP contribution in [-0.2, 0) is 20.4 Å². The lowest BCUT2D eigenvalue weighted by Gasteiger charge is -2.39. The van der Waals surface area contributed by atoms with E-state index in [2.05, 4.69) is 5.32 Å². The Morgan fingerprint density at radius 3 is 2.70 bits per heavy atom. The van der Waals surface area contributed by atoms with Crippen LogP contribution in [0.2, 0.25) is 0 Å². The van der Waals surface area contributed by atoms with E-state index in [1.807, 2.05) is 0 Å². The van der Waals surface area contributed by atoms with Crippen molar-refractivity contribution in [2.45, 2.75) is 43.9 Å². The number of furan rings is 1. The fourth-order valence-corrected chi connectivity index (χ4v) is 3.71. The summed E-state index contributed by atoms with van der Waals surface area (Å²) in [6, 6.07) is 2.84. The molecule has 0 spiro atoms. The molecule has 1 heterocycles. The van der Waals surface area contributed by atoms with Crippen LogP contribution in [0.1, 0.15) is 48.9 Å². The first-order chi connectivity index (χ1) is 10.6. The fourth-order valence-electron chi connectivity index (χ4n) is 3.04. The van der Waals surface area contributed by atoms with Gasteiger partial charge in [0.25, 0.3) is 5.91 Å². The molecular formula is C15H21NO6S. The van der Waals surface area contributed by atoms with Crippen LogP contribution in [0.5, 0.6) is 0 Å². The fraction of sp³-hybridized carbons (Fsp3) is 0.600. The van der Waals surface area contributed by atoms with Gasteiger partial charge in [-0.25, -0.2) is 8.42 Å². The first-order valence-corrected chi connectivity index (χ1v) is 9.48. The molecule has 1 aromatic rings. The van der Waals surface area contributed by atoms with Crippen molar-refractivity contribution in [3.05, 3.63) is 23.7 Å². The van der Waals surface area contributed by atoms with E-state index in [4.69, 9.17) is 4.42 Å². The maximum absolute atomic E-state index is 12.3. The van der Waals surface area contributed by atoms with Crippen LogP contribution in [0, 0.1) is 5.92 Å². The molecule has 0 unspecified atom stereocenters. The molecule has 0 aliphatic heterocycles. The molecule has 7 nitrogen and oxygen atoms in total. The summed E-state index contributed by atoms with van der Waals surface area (Å²) in [5.74, 6) is -2.22. The minimum absolute atomic E-state index is 0.0143. The van der Waals surface area contributed by atoms with Gasteiger partial charge < -0.3 is 14.8 Å².